The third-order valence-corrected chi connectivity index (χ3v) is 3.63. The Balaban J connectivity index is 2.25. The molecule has 0 aliphatic carbocycles. The number of benzene rings is 1. The molecule has 0 fully saturated rings. The van der Waals surface area contributed by atoms with Crippen LogP contribution in [-0.2, 0) is 6.42 Å². The van der Waals surface area contributed by atoms with Crippen molar-refractivity contribution in [3.8, 4) is 0 Å². The molecule has 17 heavy (non-hydrogen) atoms. The molecule has 0 radical (unpaired) electrons. The van der Waals surface area contributed by atoms with Gasteiger partial charge in [0.25, 0.3) is 0 Å². The number of nitrogens with zero attached hydrogens (tertiary/aromatic N) is 2. The summed E-state index contributed by atoms with van der Waals surface area (Å²) in [6.45, 7) is 4.32. The molecule has 0 amide bonds. The summed E-state index contributed by atoms with van der Waals surface area (Å²) in [5, 5.41) is 3.31. The van der Waals surface area contributed by atoms with Gasteiger partial charge in [0, 0.05) is 0 Å². The molecule has 4 heteroatoms. The number of hydrogen-bond donors (Lipinski definition) is 1. The molecule has 0 aliphatic heterocycles. The van der Waals surface area contributed by atoms with E-state index < -0.39 is 0 Å². The molecular formula is C13H17N3S. The molecule has 0 saturated carbocycles. The van der Waals surface area contributed by atoms with Crippen LogP contribution in [0.4, 0.5) is 0 Å². The molecule has 1 heterocycles. The predicted molar refractivity (Wildman–Crippen MR) is 71.3 cm³/mol. The van der Waals surface area contributed by atoms with Crippen molar-refractivity contribution in [1.82, 2.24) is 14.1 Å². The SMILES string of the molecule is CNC(Cc1c(C)cccc1C)c1cnsn1. The maximum atomic E-state index is 4.31. The minimum atomic E-state index is 0.244. The second-order valence-corrected chi connectivity index (χ2v) is 4.80. The van der Waals surface area contributed by atoms with Gasteiger partial charge in [0.15, 0.2) is 0 Å². The number of nitrogens with one attached hydrogen (secondary N) is 1. The normalized spacial score (nSPS) is 12.6. The van der Waals surface area contributed by atoms with Crippen molar-refractivity contribution in [2.75, 3.05) is 7.05 Å². The molecule has 1 aromatic heterocycles. The third kappa shape index (κ3) is 2.70. The average Bonchev–Trinajstić information content (AvgIpc) is 2.82. The Morgan fingerprint density at radius 1 is 1.29 bits per heavy atom. The van der Waals surface area contributed by atoms with Crippen molar-refractivity contribution < 1.29 is 0 Å². The quantitative estimate of drug-likeness (QED) is 0.902. The summed E-state index contributed by atoms with van der Waals surface area (Å²) >= 11 is 1.26. The molecule has 0 bridgehead atoms. The van der Waals surface area contributed by atoms with Gasteiger partial charge in [0.1, 0.15) is 0 Å². The van der Waals surface area contributed by atoms with Gasteiger partial charge in [0.05, 0.1) is 29.7 Å². The van der Waals surface area contributed by atoms with E-state index in [1.807, 2.05) is 13.2 Å². The van der Waals surface area contributed by atoms with Crippen LogP contribution in [0.2, 0.25) is 0 Å². The molecular weight excluding hydrogens is 230 g/mol. The topological polar surface area (TPSA) is 37.8 Å². The van der Waals surface area contributed by atoms with Gasteiger partial charge in [-0.1, -0.05) is 18.2 Å². The summed E-state index contributed by atoms with van der Waals surface area (Å²) < 4.78 is 8.38. The Labute approximate surface area is 106 Å². The van der Waals surface area contributed by atoms with Crippen molar-refractivity contribution >= 4 is 11.7 Å². The van der Waals surface area contributed by atoms with E-state index in [-0.39, 0.29) is 6.04 Å². The number of hydrogen-bond acceptors (Lipinski definition) is 4. The van der Waals surface area contributed by atoms with Gasteiger partial charge >= 0.3 is 0 Å². The van der Waals surface area contributed by atoms with Gasteiger partial charge in [-0.3, -0.25) is 0 Å². The minimum absolute atomic E-state index is 0.244. The van der Waals surface area contributed by atoms with Crippen LogP contribution < -0.4 is 5.32 Å². The zero-order valence-corrected chi connectivity index (χ0v) is 11.2. The number of aromatic nitrogens is 2. The van der Waals surface area contributed by atoms with Crippen molar-refractivity contribution in [3.05, 3.63) is 46.8 Å². The molecule has 2 aromatic rings. The molecule has 0 aliphatic rings. The van der Waals surface area contributed by atoms with Gasteiger partial charge < -0.3 is 5.32 Å². The van der Waals surface area contributed by atoms with Crippen LogP contribution in [-0.4, -0.2) is 15.8 Å². The molecule has 1 atom stereocenters. The van der Waals surface area contributed by atoms with Crippen LogP contribution in [0.1, 0.15) is 28.4 Å². The predicted octanol–water partition coefficient (Wildman–Crippen LogP) is 2.66. The minimum Gasteiger partial charge on any atom is -0.311 e. The van der Waals surface area contributed by atoms with Crippen LogP contribution >= 0.6 is 11.7 Å². The lowest BCUT2D eigenvalue weighted by molar-refractivity contribution is 0.577. The van der Waals surface area contributed by atoms with Crippen LogP contribution in [0.25, 0.3) is 0 Å². The lowest BCUT2D eigenvalue weighted by Gasteiger charge is -2.16. The molecule has 1 N–H and O–H groups in total. The average molecular weight is 247 g/mol. The van der Waals surface area contributed by atoms with Crippen LogP contribution in [0.5, 0.6) is 0 Å². The summed E-state index contributed by atoms with van der Waals surface area (Å²) in [7, 11) is 1.97. The fourth-order valence-electron chi connectivity index (χ4n) is 2.06. The first-order valence-electron chi connectivity index (χ1n) is 5.72. The molecule has 1 aromatic carbocycles. The molecule has 3 nitrogen and oxygen atoms in total. The highest BCUT2D eigenvalue weighted by Gasteiger charge is 2.15. The second-order valence-electron chi connectivity index (χ2n) is 4.25. The van der Waals surface area contributed by atoms with E-state index in [0.29, 0.717) is 0 Å². The Kier molecular flexibility index (Phi) is 3.86. The van der Waals surface area contributed by atoms with E-state index in [1.165, 1.54) is 28.4 Å². The molecule has 2 rings (SSSR count). The molecule has 90 valence electrons. The van der Waals surface area contributed by atoms with E-state index in [0.717, 1.165) is 12.1 Å². The van der Waals surface area contributed by atoms with Gasteiger partial charge in [-0.2, -0.15) is 8.75 Å². The lowest BCUT2D eigenvalue weighted by Crippen LogP contribution is -2.20. The summed E-state index contributed by atoms with van der Waals surface area (Å²) in [6, 6.07) is 6.67. The van der Waals surface area contributed by atoms with Crippen molar-refractivity contribution in [2.45, 2.75) is 26.3 Å². The van der Waals surface area contributed by atoms with E-state index in [1.54, 1.807) is 0 Å². The Morgan fingerprint density at radius 2 is 2.00 bits per heavy atom. The van der Waals surface area contributed by atoms with Crippen LogP contribution in [0.15, 0.2) is 24.4 Å². The summed E-state index contributed by atoms with van der Waals surface area (Å²) in [4.78, 5) is 0. The number of rotatable bonds is 4. The smallest absolute Gasteiger partial charge is 0.0915 e. The van der Waals surface area contributed by atoms with Crippen molar-refractivity contribution in [2.24, 2.45) is 0 Å². The summed E-state index contributed by atoms with van der Waals surface area (Å²) in [5.41, 5.74) is 5.11. The maximum absolute atomic E-state index is 4.31. The third-order valence-electron chi connectivity index (χ3n) is 3.14. The standard InChI is InChI=1S/C13H17N3S/c1-9-5-4-6-10(2)11(9)7-12(14-3)13-8-15-17-16-13/h4-6,8,12,14H,7H2,1-3H3. The van der Waals surface area contributed by atoms with Crippen LogP contribution in [0, 0.1) is 13.8 Å². The maximum Gasteiger partial charge on any atom is 0.0915 e. The lowest BCUT2D eigenvalue weighted by atomic mass is 9.95. The first-order valence-corrected chi connectivity index (χ1v) is 6.45. The fourth-order valence-corrected chi connectivity index (χ4v) is 2.53. The monoisotopic (exact) mass is 247 g/mol. The van der Waals surface area contributed by atoms with Crippen molar-refractivity contribution in [3.63, 3.8) is 0 Å². The molecule has 1 unspecified atom stereocenters. The highest BCUT2D eigenvalue weighted by Crippen LogP contribution is 2.21. The zero-order valence-electron chi connectivity index (χ0n) is 10.4. The fraction of sp³-hybridized carbons (Fsp3) is 0.385. The first kappa shape index (κ1) is 12.2. The van der Waals surface area contributed by atoms with Gasteiger partial charge in [-0.25, -0.2) is 0 Å². The zero-order chi connectivity index (χ0) is 12.3. The summed E-state index contributed by atoms with van der Waals surface area (Å²) in [6.07, 6.45) is 2.81. The second kappa shape index (κ2) is 5.38. The molecule has 0 saturated heterocycles. The van der Waals surface area contributed by atoms with E-state index in [2.05, 4.69) is 46.1 Å². The summed E-state index contributed by atoms with van der Waals surface area (Å²) in [5.74, 6) is 0. The Bertz CT molecular complexity index is 459. The highest BCUT2D eigenvalue weighted by molar-refractivity contribution is 6.99. The van der Waals surface area contributed by atoms with E-state index in [4.69, 9.17) is 0 Å². The number of likely N-dealkylation sites (N-methyl/N-ethyl adjacent to an activating group) is 1. The molecule has 0 spiro atoms. The first-order chi connectivity index (χ1) is 8.22. The van der Waals surface area contributed by atoms with Crippen molar-refractivity contribution in [1.29, 1.82) is 0 Å². The Morgan fingerprint density at radius 3 is 2.53 bits per heavy atom. The Hall–Kier alpha value is -1.26. The highest BCUT2D eigenvalue weighted by atomic mass is 32.1. The van der Waals surface area contributed by atoms with E-state index in [9.17, 15) is 0 Å². The van der Waals surface area contributed by atoms with Gasteiger partial charge in [-0.05, 0) is 44.0 Å². The van der Waals surface area contributed by atoms with Gasteiger partial charge in [0.2, 0.25) is 0 Å². The number of aryl methyl sites for hydroxylation is 2. The van der Waals surface area contributed by atoms with E-state index >= 15 is 0 Å². The van der Waals surface area contributed by atoms with Gasteiger partial charge in [-0.15, -0.1) is 0 Å². The largest absolute Gasteiger partial charge is 0.311 e. The van der Waals surface area contributed by atoms with Crippen LogP contribution in [0.3, 0.4) is 0 Å².